The molecule has 13 heavy (non-hydrogen) atoms. The Morgan fingerprint density at radius 1 is 1.54 bits per heavy atom. The van der Waals surface area contributed by atoms with Crippen molar-refractivity contribution in [1.29, 1.82) is 0 Å². The molecular weight excluding hydrogens is 168 g/mol. The number of hydrogen-bond acceptors (Lipinski definition) is 3. The average Bonchev–Trinajstić information content (AvgIpc) is 2.46. The topological polar surface area (TPSA) is 69.1 Å². The molecule has 2 N–H and O–H groups in total. The number of hydrogen-bond donors (Lipinski definition) is 1. The third kappa shape index (κ3) is 1.26. The van der Waals surface area contributed by atoms with Crippen LogP contribution in [0.1, 0.15) is 16.2 Å². The second-order valence-electron chi connectivity index (χ2n) is 2.84. The van der Waals surface area contributed by atoms with Crippen molar-refractivity contribution in [3.05, 3.63) is 29.8 Å². The first kappa shape index (κ1) is 7.79. The molecule has 2 rings (SSSR count). The van der Waals surface area contributed by atoms with Gasteiger partial charge >= 0.3 is 0 Å². The van der Waals surface area contributed by atoms with Crippen molar-refractivity contribution in [1.82, 2.24) is 4.98 Å². The first-order valence-electron chi connectivity index (χ1n) is 3.83. The van der Waals surface area contributed by atoms with Gasteiger partial charge in [0.05, 0.1) is 6.20 Å². The first-order chi connectivity index (χ1) is 6.16. The van der Waals surface area contributed by atoms with E-state index < -0.39 is 5.91 Å². The molecular formula is C9H8N2O2. The third-order valence-electron chi connectivity index (χ3n) is 1.78. The van der Waals surface area contributed by atoms with E-state index in [0.717, 1.165) is 11.1 Å². The van der Waals surface area contributed by atoms with Gasteiger partial charge in [-0.3, -0.25) is 9.78 Å². The van der Waals surface area contributed by atoms with Gasteiger partial charge in [-0.05, 0) is 19.1 Å². The highest BCUT2D eigenvalue weighted by atomic mass is 16.3. The molecule has 0 bridgehead atoms. The van der Waals surface area contributed by atoms with E-state index in [1.807, 2.05) is 13.0 Å². The molecule has 2 heterocycles. The van der Waals surface area contributed by atoms with Crippen molar-refractivity contribution < 1.29 is 9.21 Å². The fourth-order valence-corrected chi connectivity index (χ4v) is 1.18. The number of aromatic nitrogens is 1. The summed E-state index contributed by atoms with van der Waals surface area (Å²) in [6.45, 7) is 1.87. The first-order valence-corrected chi connectivity index (χ1v) is 3.83. The Hall–Kier alpha value is -1.84. The van der Waals surface area contributed by atoms with Crippen LogP contribution in [0.3, 0.4) is 0 Å². The Bertz CT molecular complexity index is 473. The molecule has 2 aromatic heterocycles. The summed E-state index contributed by atoms with van der Waals surface area (Å²) < 4.78 is 5.15. The normalized spacial score (nSPS) is 10.5. The third-order valence-corrected chi connectivity index (χ3v) is 1.78. The zero-order valence-corrected chi connectivity index (χ0v) is 7.07. The Morgan fingerprint density at radius 3 is 3.00 bits per heavy atom. The van der Waals surface area contributed by atoms with E-state index in [1.165, 1.54) is 0 Å². The number of nitrogens with two attached hydrogens (primary N) is 1. The number of furan rings is 1. The molecule has 0 aliphatic heterocycles. The van der Waals surface area contributed by atoms with Crippen molar-refractivity contribution in [2.24, 2.45) is 5.73 Å². The molecule has 0 saturated heterocycles. The van der Waals surface area contributed by atoms with Crippen molar-refractivity contribution >= 4 is 16.9 Å². The summed E-state index contributed by atoms with van der Waals surface area (Å²) in [7, 11) is 0. The molecule has 0 aliphatic rings. The van der Waals surface area contributed by atoms with E-state index in [0.29, 0.717) is 5.58 Å². The van der Waals surface area contributed by atoms with Gasteiger partial charge in [-0.2, -0.15) is 0 Å². The van der Waals surface area contributed by atoms with E-state index in [2.05, 4.69) is 4.98 Å². The Kier molecular flexibility index (Phi) is 1.55. The molecule has 0 atom stereocenters. The van der Waals surface area contributed by atoms with Gasteiger partial charge in [0.1, 0.15) is 0 Å². The number of nitrogens with zero attached hydrogens (tertiary/aromatic N) is 1. The molecule has 0 aliphatic carbocycles. The summed E-state index contributed by atoms with van der Waals surface area (Å²) in [4.78, 5) is 14.8. The lowest BCUT2D eigenvalue weighted by Gasteiger charge is -1.88. The van der Waals surface area contributed by atoms with Crippen LogP contribution in [0.25, 0.3) is 11.0 Å². The van der Waals surface area contributed by atoms with Crippen LogP contribution >= 0.6 is 0 Å². The standard InChI is InChI=1S/C9H8N2O2/c1-5-2-6-3-7(9(10)12)13-8(6)4-11-5/h2-4H,1H3,(H2,10,12). The SMILES string of the molecule is Cc1cc2cc(C(N)=O)oc2cn1. The highest BCUT2D eigenvalue weighted by molar-refractivity contribution is 5.94. The van der Waals surface area contributed by atoms with E-state index in [4.69, 9.17) is 10.2 Å². The molecule has 0 aromatic carbocycles. The Morgan fingerprint density at radius 2 is 2.31 bits per heavy atom. The number of carbonyl (C=O) groups excluding carboxylic acids is 1. The zero-order valence-electron chi connectivity index (χ0n) is 7.07. The monoisotopic (exact) mass is 176 g/mol. The number of pyridine rings is 1. The largest absolute Gasteiger partial charge is 0.449 e. The second-order valence-corrected chi connectivity index (χ2v) is 2.84. The van der Waals surface area contributed by atoms with E-state index >= 15 is 0 Å². The van der Waals surface area contributed by atoms with Crippen molar-refractivity contribution in [2.75, 3.05) is 0 Å². The van der Waals surface area contributed by atoms with Gasteiger partial charge in [0.25, 0.3) is 5.91 Å². The number of carbonyl (C=O) groups is 1. The van der Waals surface area contributed by atoms with Crippen LogP contribution < -0.4 is 5.73 Å². The fourth-order valence-electron chi connectivity index (χ4n) is 1.18. The summed E-state index contributed by atoms with van der Waals surface area (Å²) in [5.41, 5.74) is 6.52. The minimum atomic E-state index is -0.561. The quantitative estimate of drug-likeness (QED) is 0.710. The van der Waals surface area contributed by atoms with E-state index in [9.17, 15) is 4.79 Å². The summed E-state index contributed by atoms with van der Waals surface area (Å²) in [5.74, 6) is -0.392. The van der Waals surface area contributed by atoms with E-state index in [-0.39, 0.29) is 5.76 Å². The number of aryl methyl sites for hydroxylation is 1. The summed E-state index contributed by atoms with van der Waals surface area (Å²) in [5, 5.41) is 0.848. The van der Waals surface area contributed by atoms with Crippen LogP contribution in [0, 0.1) is 6.92 Å². The minimum Gasteiger partial charge on any atom is -0.449 e. The highest BCUT2D eigenvalue weighted by Gasteiger charge is 2.08. The van der Waals surface area contributed by atoms with Gasteiger partial charge in [-0.25, -0.2) is 0 Å². The summed E-state index contributed by atoms with van der Waals surface area (Å²) in [6.07, 6.45) is 1.58. The molecule has 0 fully saturated rings. The maximum atomic E-state index is 10.8. The molecule has 0 radical (unpaired) electrons. The maximum Gasteiger partial charge on any atom is 0.284 e. The van der Waals surface area contributed by atoms with Gasteiger partial charge in [0, 0.05) is 11.1 Å². The van der Waals surface area contributed by atoms with Crippen LogP contribution in [-0.4, -0.2) is 10.9 Å². The lowest BCUT2D eigenvalue weighted by Crippen LogP contribution is -2.08. The predicted octanol–water partition coefficient (Wildman–Crippen LogP) is 1.24. The van der Waals surface area contributed by atoms with Crippen LogP contribution in [0.5, 0.6) is 0 Å². The zero-order chi connectivity index (χ0) is 9.42. The number of fused-ring (bicyclic) bond motifs is 1. The van der Waals surface area contributed by atoms with Crippen molar-refractivity contribution in [3.63, 3.8) is 0 Å². The molecule has 4 nitrogen and oxygen atoms in total. The van der Waals surface area contributed by atoms with Gasteiger partial charge in [0.15, 0.2) is 11.3 Å². The smallest absolute Gasteiger partial charge is 0.284 e. The Labute approximate surface area is 74.4 Å². The minimum absolute atomic E-state index is 0.169. The maximum absolute atomic E-state index is 10.8. The van der Waals surface area contributed by atoms with Gasteiger partial charge in [0.2, 0.25) is 0 Å². The number of primary amides is 1. The van der Waals surface area contributed by atoms with Crippen molar-refractivity contribution in [2.45, 2.75) is 6.92 Å². The van der Waals surface area contributed by atoms with E-state index in [1.54, 1.807) is 12.3 Å². The number of amides is 1. The molecule has 4 heteroatoms. The summed E-state index contributed by atoms with van der Waals surface area (Å²) in [6, 6.07) is 3.46. The van der Waals surface area contributed by atoms with Gasteiger partial charge < -0.3 is 10.2 Å². The molecule has 0 spiro atoms. The van der Waals surface area contributed by atoms with Crippen LogP contribution in [0.2, 0.25) is 0 Å². The lowest BCUT2D eigenvalue weighted by molar-refractivity contribution is 0.0976. The molecule has 2 aromatic rings. The number of rotatable bonds is 1. The lowest BCUT2D eigenvalue weighted by atomic mass is 10.2. The van der Waals surface area contributed by atoms with Crippen LogP contribution in [-0.2, 0) is 0 Å². The Balaban J connectivity index is 2.68. The van der Waals surface area contributed by atoms with Gasteiger partial charge in [-0.15, -0.1) is 0 Å². The molecule has 66 valence electrons. The highest BCUT2D eigenvalue weighted by Crippen LogP contribution is 2.18. The fraction of sp³-hybridized carbons (Fsp3) is 0.111. The summed E-state index contributed by atoms with van der Waals surface area (Å²) >= 11 is 0. The van der Waals surface area contributed by atoms with Crippen LogP contribution in [0.15, 0.2) is 22.7 Å². The second kappa shape index (κ2) is 2.58. The molecule has 0 unspecified atom stereocenters. The molecule has 0 saturated carbocycles. The average molecular weight is 176 g/mol. The predicted molar refractivity (Wildman–Crippen MR) is 47.3 cm³/mol. The van der Waals surface area contributed by atoms with Crippen LogP contribution in [0.4, 0.5) is 0 Å². The van der Waals surface area contributed by atoms with Crippen molar-refractivity contribution in [3.8, 4) is 0 Å². The van der Waals surface area contributed by atoms with Gasteiger partial charge in [-0.1, -0.05) is 0 Å². The molecule has 1 amide bonds.